The Kier molecular flexibility index (Phi) is 3.52. The molecule has 0 N–H and O–H groups in total. The lowest BCUT2D eigenvalue weighted by molar-refractivity contribution is -0.138. The molecule has 0 aliphatic carbocycles. The van der Waals surface area contributed by atoms with Gasteiger partial charge in [0.25, 0.3) is 0 Å². The molecule has 0 bridgehead atoms. The molecule has 0 saturated carbocycles. The zero-order chi connectivity index (χ0) is 12.5. The zero-order valence-corrected chi connectivity index (χ0v) is 10.7. The van der Waals surface area contributed by atoms with Crippen LogP contribution < -0.4 is 0 Å². The van der Waals surface area contributed by atoms with E-state index >= 15 is 0 Å². The smallest absolute Gasteiger partial charge is 0.229 e. The Morgan fingerprint density at radius 2 is 1.82 bits per heavy atom. The molecule has 96 valence electrons. The number of nitrogens with zero attached hydrogens (tertiary/aromatic N) is 1. The summed E-state index contributed by atoms with van der Waals surface area (Å²) >= 11 is 0. The number of ether oxygens (including phenoxy) is 1. The Balaban J connectivity index is 1.71. The molecule has 17 heavy (non-hydrogen) atoms. The van der Waals surface area contributed by atoms with Crippen molar-refractivity contribution in [1.29, 1.82) is 0 Å². The molecule has 1 atom stereocenters. The highest BCUT2D eigenvalue weighted by atomic mass is 16.6. The van der Waals surface area contributed by atoms with Crippen LogP contribution in [-0.2, 0) is 14.3 Å². The minimum atomic E-state index is -0.0102. The largest absolute Gasteiger partial charge is 0.366 e. The summed E-state index contributed by atoms with van der Waals surface area (Å²) in [6.45, 7) is 4.87. The van der Waals surface area contributed by atoms with Crippen molar-refractivity contribution in [2.75, 3.05) is 6.54 Å². The van der Waals surface area contributed by atoms with Gasteiger partial charge in [-0.15, -0.1) is 0 Å². The number of amides is 2. The molecule has 2 fully saturated rings. The molecule has 2 rings (SSSR count). The zero-order valence-electron chi connectivity index (χ0n) is 10.7. The minimum Gasteiger partial charge on any atom is -0.366 e. The number of hydrogen-bond donors (Lipinski definition) is 0. The normalized spacial score (nSPS) is 26.7. The summed E-state index contributed by atoms with van der Waals surface area (Å²) in [5.41, 5.74) is 0.0963. The van der Waals surface area contributed by atoms with Gasteiger partial charge < -0.3 is 4.74 Å². The number of epoxide rings is 1. The van der Waals surface area contributed by atoms with Crippen LogP contribution in [0, 0.1) is 0 Å². The van der Waals surface area contributed by atoms with Crippen LogP contribution in [0.4, 0.5) is 0 Å². The van der Waals surface area contributed by atoms with Gasteiger partial charge in [-0.3, -0.25) is 14.5 Å². The predicted molar refractivity (Wildman–Crippen MR) is 63.4 cm³/mol. The summed E-state index contributed by atoms with van der Waals surface area (Å²) in [7, 11) is 0. The van der Waals surface area contributed by atoms with Crippen molar-refractivity contribution in [1.82, 2.24) is 4.90 Å². The average molecular weight is 239 g/mol. The van der Waals surface area contributed by atoms with E-state index in [1.54, 1.807) is 0 Å². The predicted octanol–water partition coefficient (Wildman–Crippen LogP) is 1.87. The van der Waals surface area contributed by atoms with Crippen LogP contribution in [-0.4, -0.2) is 35.0 Å². The third kappa shape index (κ3) is 2.37. The first-order valence-corrected chi connectivity index (χ1v) is 6.64. The van der Waals surface area contributed by atoms with Gasteiger partial charge in [0.15, 0.2) is 0 Å². The first-order chi connectivity index (χ1) is 8.13. The topological polar surface area (TPSA) is 49.9 Å². The summed E-state index contributed by atoms with van der Waals surface area (Å²) < 4.78 is 5.73. The number of imide groups is 1. The third-order valence-electron chi connectivity index (χ3n) is 4.11. The van der Waals surface area contributed by atoms with Crippen LogP contribution in [0.25, 0.3) is 0 Å². The van der Waals surface area contributed by atoms with Crippen molar-refractivity contribution >= 4 is 11.8 Å². The molecule has 0 aromatic heterocycles. The van der Waals surface area contributed by atoms with Crippen molar-refractivity contribution in [2.45, 2.75) is 64.1 Å². The molecule has 4 heteroatoms. The molecule has 2 aliphatic rings. The second-order valence-corrected chi connectivity index (χ2v) is 4.96. The summed E-state index contributed by atoms with van der Waals surface area (Å²) in [6, 6.07) is 0. The van der Waals surface area contributed by atoms with Gasteiger partial charge in [0.1, 0.15) is 0 Å². The van der Waals surface area contributed by atoms with Crippen LogP contribution in [0.1, 0.15) is 52.4 Å². The van der Waals surface area contributed by atoms with Crippen LogP contribution in [0.5, 0.6) is 0 Å². The van der Waals surface area contributed by atoms with E-state index in [2.05, 4.69) is 13.8 Å². The average Bonchev–Trinajstić information content (AvgIpc) is 2.96. The molecule has 0 aromatic rings. The maximum atomic E-state index is 11.4. The van der Waals surface area contributed by atoms with Crippen molar-refractivity contribution in [2.24, 2.45) is 0 Å². The van der Waals surface area contributed by atoms with E-state index in [4.69, 9.17) is 4.74 Å². The van der Waals surface area contributed by atoms with Crippen LogP contribution >= 0.6 is 0 Å². The van der Waals surface area contributed by atoms with Crippen LogP contribution in [0.2, 0.25) is 0 Å². The monoisotopic (exact) mass is 239 g/mol. The second kappa shape index (κ2) is 4.77. The number of carbonyl (C=O) groups is 2. The van der Waals surface area contributed by atoms with Gasteiger partial charge in [-0.05, 0) is 25.7 Å². The molecule has 0 aromatic carbocycles. The number of hydrogen-bond acceptors (Lipinski definition) is 3. The van der Waals surface area contributed by atoms with Crippen molar-refractivity contribution in [3.05, 3.63) is 0 Å². The highest BCUT2D eigenvalue weighted by molar-refractivity contribution is 6.01. The van der Waals surface area contributed by atoms with Crippen molar-refractivity contribution in [3.63, 3.8) is 0 Å². The minimum absolute atomic E-state index is 0.0102. The molecule has 1 unspecified atom stereocenters. The van der Waals surface area contributed by atoms with Crippen molar-refractivity contribution < 1.29 is 14.3 Å². The van der Waals surface area contributed by atoms with Gasteiger partial charge in [-0.25, -0.2) is 0 Å². The lowest BCUT2D eigenvalue weighted by Gasteiger charge is -2.13. The standard InChI is InChI=1S/C13H21NO3/c1-3-13(4-2)10(17-13)6-5-9-14-11(15)7-8-12(14)16/h10H,3-9H2,1-2H3. The Morgan fingerprint density at radius 3 is 2.29 bits per heavy atom. The molecule has 0 spiro atoms. The van der Waals surface area contributed by atoms with E-state index < -0.39 is 0 Å². The van der Waals surface area contributed by atoms with Gasteiger partial charge in [-0.1, -0.05) is 13.8 Å². The first-order valence-electron chi connectivity index (χ1n) is 6.64. The quantitative estimate of drug-likeness (QED) is 0.525. The first kappa shape index (κ1) is 12.6. The SMILES string of the molecule is CCC1(CC)OC1CCCN1C(=O)CCC1=O. The number of carbonyl (C=O) groups excluding carboxylic acids is 2. The number of likely N-dealkylation sites (tertiary alicyclic amines) is 1. The molecular formula is C13H21NO3. The molecule has 0 radical (unpaired) electrons. The van der Waals surface area contributed by atoms with E-state index in [9.17, 15) is 9.59 Å². The molecular weight excluding hydrogens is 218 g/mol. The van der Waals surface area contributed by atoms with E-state index in [1.165, 1.54) is 4.90 Å². The molecule has 2 heterocycles. The number of rotatable bonds is 6. The lowest BCUT2D eigenvalue weighted by Crippen LogP contribution is -2.30. The highest BCUT2D eigenvalue weighted by Gasteiger charge is 2.52. The Morgan fingerprint density at radius 1 is 1.24 bits per heavy atom. The van der Waals surface area contributed by atoms with Gasteiger partial charge in [0.05, 0.1) is 11.7 Å². The molecule has 2 aliphatic heterocycles. The maximum absolute atomic E-state index is 11.4. The lowest BCUT2D eigenvalue weighted by atomic mass is 9.96. The Hall–Kier alpha value is -0.900. The van der Waals surface area contributed by atoms with E-state index in [-0.39, 0.29) is 17.4 Å². The van der Waals surface area contributed by atoms with Crippen molar-refractivity contribution in [3.8, 4) is 0 Å². The summed E-state index contributed by atoms with van der Waals surface area (Å²) in [5.74, 6) is -0.0204. The van der Waals surface area contributed by atoms with Crippen LogP contribution in [0.15, 0.2) is 0 Å². The summed E-state index contributed by atoms with van der Waals surface area (Å²) in [4.78, 5) is 24.2. The van der Waals surface area contributed by atoms with Gasteiger partial charge >= 0.3 is 0 Å². The second-order valence-electron chi connectivity index (χ2n) is 4.96. The molecule has 2 amide bonds. The van der Waals surface area contributed by atoms with Gasteiger partial charge in [0.2, 0.25) is 11.8 Å². The van der Waals surface area contributed by atoms with E-state index in [0.29, 0.717) is 25.5 Å². The fourth-order valence-corrected chi connectivity index (χ4v) is 2.75. The Labute approximate surface area is 102 Å². The highest BCUT2D eigenvalue weighted by Crippen LogP contribution is 2.44. The summed E-state index contributed by atoms with van der Waals surface area (Å²) in [5, 5.41) is 0. The van der Waals surface area contributed by atoms with E-state index in [0.717, 1.165) is 25.7 Å². The molecule has 2 saturated heterocycles. The van der Waals surface area contributed by atoms with Crippen LogP contribution in [0.3, 0.4) is 0 Å². The maximum Gasteiger partial charge on any atom is 0.229 e. The van der Waals surface area contributed by atoms with E-state index in [1.807, 2.05) is 0 Å². The molecule has 4 nitrogen and oxygen atoms in total. The summed E-state index contributed by atoms with van der Waals surface area (Å²) in [6.07, 6.45) is 5.05. The fraction of sp³-hybridized carbons (Fsp3) is 0.846. The fourth-order valence-electron chi connectivity index (χ4n) is 2.75. The van der Waals surface area contributed by atoms with Gasteiger partial charge in [-0.2, -0.15) is 0 Å². The van der Waals surface area contributed by atoms with Gasteiger partial charge in [0, 0.05) is 19.4 Å². The third-order valence-corrected chi connectivity index (χ3v) is 4.11. The Bertz CT molecular complexity index is 307.